The predicted octanol–water partition coefficient (Wildman–Crippen LogP) is 1.88. The van der Waals surface area contributed by atoms with Gasteiger partial charge in [-0.3, -0.25) is 0 Å². The van der Waals surface area contributed by atoms with Crippen molar-refractivity contribution in [2.45, 2.75) is 18.9 Å². The van der Waals surface area contributed by atoms with Crippen LogP contribution in [0.25, 0.3) is 0 Å². The van der Waals surface area contributed by atoms with E-state index in [1.54, 1.807) is 7.11 Å². The zero-order chi connectivity index (χ0) is 10.7. The Morgan fingerprint density at radius 1 is 1.47 bits per heavy atom. The van der Waals surface area contributed by atoms with Crippen LogP contribution < -0.4 is 10.1 Å². The number of ether oxygens (including phenoxy) is 2. The molecular formula is C12H17NO2. The number of nitrogens with one attached hydrogen (secondary N) is 1. The highest BCUT2D eigenvalue weighted by molar-refractivity contribution is 5.40. The Bertz CT molecular complexity index is 338. The maximum atomic E-state index is 5.41. The molecular weight excluding hydrogens is 190 g/mol. The summed E-state index contributed by atoms with van der Waals surface area (Å²) in [4.78, 5) is 0. The Hall–Kier alpha value is -1.06. The molecule has 1 aliphatic rings. The lowest BCUT2D eigenvalue weighted by molar-refractivity contribution is 0.0511. The first kappa shape index (κ1) is 10.5. The second-order valence-corrected chi connectivity index (χ2v) is 3.79. The highest BCUT2D eigenvalue weighted by atomic mass is 16.7. The molecule has 1 aliphatic carbocycles. The van der Waals surface area contributed by atoms with Gasteiger partial charge in [0.1, 0.15) is 5.75 Å². The van der Waals surface area contributed by atoms with Crippen molar-refractivity contribution >= 4 is 0 Å². The summed E-state index contributed by atoms with van der Waals surface area (Å²) in [5, 5.41) is 3.32. The number of methoxy groups -OCH3 is 1. The average Bonchev–Trinajstić information content (AvgIpc) is 2.68. The van der Waals surface area contributed by atoms with Crippen molar-refractivity contribution in [3.63, 3.8) is 0 Å². The van der Waals surface area contributed by atoms with Gasteiger partial charge >= 0.3 is 0 Å². The van der Waals surface area contributed by atoms with Crippen LogP contribution in [0.4, 0.5) is 0 Å². The number of rotatable bonds is 4. The molecule has 0 saturated carbocycles. The highest BCUT2D eigenvalue weighted by Gasteiger charge is 2.20. The molecule has 0 aromatic heterocycles. The molecule has 0 aliphatic heterocycles. The van der Waals surface area contributed by atoms with Crippen molar-refractivity contribution in [3.8, 4) is 5.75 Å². The predicted molar refractivity (Wildman–Crippen MR) is 59.1 cm³/mol. The van der Waals surface area contributed by atoms with E-state index in [-0.39, 0.29) is 0 Å². The van der Waals surface area contributed by atoms with E-state index in [0.717, 1.165) is 12.2 Å². The molecule has 1 unspecified atom stereocenters. The number of fused-ring (bicyclic) bond motifs is 1. The van der Waals surface area contributed by atoms with Gasteiger partial charge in [0.15, 0.2) is 6.79 Å². The molecule has 0 heterocycles. The Balaban J connectivity index is 2.14. The molecule has 1 aromatic rings. The lowest BCUT2D eigenvalue weighted by Crippen LogP contribution is -2.12. The van der Waals surface area contributed by atoms with Gasteiger partial charge in [0.25, 0.3) is 0 Å². The molecule has 1 atom stereocenters. The van der Waals surface area contributed by atoms with E-state index in [1.807, 2.05) is 13.1 Å². The molecule has 0 spiro atoms. The molecule has 3 nitrogen and oxygen atoms in total. The zero-order valence-corrected chi connectivity index (χ0v) is 9.25. The molecule has 0 radical (unpaired) electrons. The van der Waals surface area contributed by atoms with Crippen LogP contribution in [0.1, 0.15) is 23.6 Å². The van der Waals surface area contributed by atoms with Crippen LogP contribution in [0, 0.1) is 0 Å². The Kier molecular flexibility index (Phi) is 3.23. The Morgan fingerprint density at radius 3 is 3.07 bits per heavy atom. The SMILES string of the molecule is CNC1CCc2cc(OCOC)ccc21. The third-order valence-corrected chi connectivity index (χ3v) is 2.88. The second-order valence-electron chi connectivity index (χ2n) is 3.79. The maximum Gasteiger partial charge on any atom is 0.188 e. The van der Waals surface area contributed by atoms with E-state index in [1.165, 1.54) is 17.5 Å². The van der Waals surface area contributed by atoms with E-state index in [4.69, 9.17) is 9.47 Å². The van der Waals surface area contributed by atoms with Gasteiger partial charge in [-0.25, -0.2) is 0 Å². The topological polar surface area (TPSA) is 30.5 Å². The van der Waals surface area contributed by atoms with Gasteiger partial charge in [-0.2, -0.15) is 0 Å². The van der Waals surface area contributed by atoms with E-state index < -0.39 is 0 Å². The molecule has 3 heteroatoms. The third-order valence-electron chi connectivity index (χ3n) is 2.88. The normalized spacial score (nSPS) is 18.9. The van der Waals surface area contributed by atoms with E-state index >= 15 is 0 Å². The van der Waals surface area contributed by atoms with Crippen LogP contribution in [0.3, 0.4) is 0 Å². The lowest BCUT2D eigenvalue weighted by atomic mass is 10.1. The molecule has 1 N–H and O–H groups in total. The molecule has 1 aromatic carbocycles. The van der Waals surface area contributed by atoms with Gasteiger partial charge in [-0.15, -0.1) is 0 Å². The summed E-state index contributed by atoms with van der Waals surface area (Å²) in [7, 11) is 3.64. The number of aryl methyl sites for hydroxylation is 1. The molecule has 2 rings (SSSR count). The van der Waals surface area contributed by atoms with E-state index in [0.29, 0.717) is 12.8 Å². The molecule has 15 heavy (non-hydrogen) atoms. The first-order valence-electron chi connectivity index (χ1n) is 5.27. The molecule has 82 valence electrons. The quantitative estimate of drug-likeness (QED) is 0.765. The zero-order valence-electron chi connectivity index (χ0n) is 9.25. The van der Waals surface area contributed by atoms with Gasteiger partial charge in [0.2, 0.25) is 0 Å². The molecule has 0 fully saturated rings. The van der Waals surface area contributed by atoms with Crippen LogP contribution in [0.2, 0.25) is 0 Å². The van der Waals surface area contributed by atoms with Gasteiger partial charge in [-0.05, 0) is 43.1 Å². The van der Waals surface area contributed by atoms with Crippen molar-refractivity contribution in [2.75, 3.05) is 21.0 Å². The minimum atomic E-state index is 0.314. The number of benzene rings is 1. The van der Waals surface area contributed by atoms with Gasteiger partial charge in [-0.1, -0.05) is 6.07 Å². The highest BCUT2D eigenvalue weighted by Crippen LogP contribution is 2.33. The average molecular weight is 207 g/mol. The summed E-state index contributed by atoms with van der Waals surface area (Å²) in [6.07, 6.45) is 2.31. The van der Waals surface area contributed by atoms with Crippen molar-refractivity contribution in [1.29, 1.82) is 0 Å². The summed E-state index contributed by atoms with van der Waals surface area (Å²) in [5.41, 5.74) is 2.80. The number of hydrogen-bond acceptors (Lipinski definition) is 3. The minimum Gasteiger partial charge on any atom is -0.468 e. The van der Waals surface area contributed by atoms with Gasteiger partial charge < -0.3 is 14.8 Å². The Morgan fingerprint density at radius 2 is 2.33 bits per heavy atom. The number of hydrogen-bond donors (Lipinski definition) is 1. The van der Waals surface area contributed by atoms with Crippen LogP contribution >= 0.6 is 0 Å². The first-order chi connectivity index (χ1) is 7.35. The third kappa shape index (κ3) is 2.13. The van der Waals surface area contributed by atoms with E-state index in [2.05, 4.69) is 17.4 Å². The van der Waals surface area contributed by atoms with E-state index in [9.17, 15) is 0 Å². The van der Waals surface area contributed by atoms with Crippen molar-refractivity contribution in [2.24, 2.45) is 0 Å². The maximum absolute atomic E-state index is 5.41. The monoisotopic (exact) mass is 207 g/mol. The lowest BCUT2D eigenvalue weighted by Gasteiger charge is -2.11. The fraction of sp³-hybridized carbons (Fsp3) is 0.500. The smallest absolute Gasteiger partial charge is 0.188 e. The largest absolute Gasteiger partial charge is 0.468 e. The first-order valence-corrected chi connectivity index (χ1v) is 5.27. The van der Waals surface area contributed by atoms with Crippen molar-refractivity contribution in [3.05, 3.63) is 29.3 Å². The minimum absolute atomic E-state index is 0.314. The van der Waals surface area contributed by atoms with Crippen LogP contribution in [-0.4, -0.2) is 21.0 Å². The fourth-order valence-corrected chi connectivity index (χ4v) is 2.11. The van der Waals surface area contributed by atoms with Gasteiger partial charge in [0, 0.05) is 13.2 Å². The summed E-state index contributed by atoms with van der Waals surface area (Å²) in [6, 6.07) is 6.78. The summed E-state index contributed by atoms with van der Waals surface area (Å²) >= 11 is 0. The summed E-state index contributed by atoms with van der Waals surface area (Å²) in [5.74, 6) is 0.896. The molecule has 0 bridgehead atoms. The van der Waals surface area contributed by atoms with Crippen LogP contribution in [0.15, 0.2) is 18.2 Å². The van der Waals surface area contributed by atoms with Crippen LogP contribution in [-0.2, 0) is 11.2 Å². The van der Waals surface area contributed by atoms with Crippen molar-refractivity contribution in [1.82, 2.24) is 5.32 Å². The second kappa shape index (κ2) is 4.64. The standard InChI is InChI=1S/C12H17NO2/c1-13-12-6-3-9-7-10(15-8-14-2)4-5-11(9)12/h4-5,7,12-13H,3,6,8H2,1-2H3. The molecule has 0 saturated heterocycles. The summed E-state index contributed by atoms with van der Waals surface area (Å²) < 4.78 is 10.3. The van der Waals surface area contributed by atoms with Crippen LogP contribution in [0.5, 0.6) is 5.75 Å². The summed E-state index contributed by atoms with van der Waals surface area (Å²) in [6.45, 7) is 0.314. The Labute approximate surface area is 90.4 Å². The van der Waals surface area contributed by atoms with Gasteiger partial charge in [0.05, 0.1) is 0 Å². The molecule has 0 amide bonds. The van der Waals surface area contributed by atoms with Crippen molar-refractivity contribution < 1.29 is 9.47 Å². The fourth-order valence-electron chi connectivity index (χ4n) is 2.11.